The normalized spacial score (nSPS) is 44.6. The van der Waals surface area contributed by atoms with Crippen molar-refractivity contribution in [2.24, 2.45) is 0 Å². The third-order valence-electron chi connectivity index (χ3n) is 1.73. The maximum absolute atomic E-state index is 9.40. The van der Waals surface area contributed by atoms with Crippen LogP contribution in [0.3, 0.4) is 0 Å². The molecule has 2 radical (unpaired) electrons. The van der Waals surface area contributed by atoms with E-state index in [2.05, 4.69) is 12.6 Å². The lowest BCUT2D eigenvalue weighted by molar-refractivity contribution is -0.0173. The summed E-state index contributed by atoms with van der Waals surface area (Å²) in [4.78, 5) is 0. The molecule has 0 bridgehead atoms. The zero-order valence-electron chi connectivity index (χ0n) is 6.30. The van der Waals surface area contributed by atoms with Gasteiger partial charge in [-0.25, -0.2) is 0 Å². The lowest BCUT2D eigenvalue weighted by Crippen LogP contribution is -2.30. The molecule has 1 fully saturated rings. The van der Waals surface area contributed by atoms with Crippen LogP contribution in [-0.4, -0.2) is 50.1 Å². The fourth-order valence-electron chi connectivity index (χ4n) is 1.08. The molecule has 11 heavy (non-hydrogen) atoms. The van der Waals surface area contributed by atoms with Gasteiger partial charge in [-0.2, -0.15) is 12.6 Å². The van der Waals surface area contributed by atoms with Gasteiger partial charge in [-0.15, -0.1) is 0 Å². The van der Waals surface area contributed by atoms with Crippen LogP contribution < -0.4 is 0 Å². The van der Waals surface area contributed by atoms with Gasteiger partial charge in [0.25, 0.3) is 0 Å². The van der Waals surface area contributed by atoms with Crippen LogP contribution in [0.25, 0.3) is 0 Å². The molecule has 0 aromatic carbocycles. The molecule has 62 valence electrons. The number of hydrogen-bond acceptors (Lipinski definition) is 4. The molecule has 1 unspecified atom stereocenters. The molecule has 0 saturated carbocycles. The van der Waals surface area contributed by atoms with Gasteiger partial charge in [-0.05, 0) is 0 Å². The third-order valence-corrected chi connectivity index (χ3v) is 2.33. The van der Waals surface area contributed by atoms with E-state index in [9.17, 15) is 5.11 Å². The summed E-state index contributed by atoms with van der Waals surface area (Å²) >= 11 is 4.08. The highest BCUT2D eigenvalue weighted by Gasteiger charge is 2.38. The zero-order chi connectivity index (χ0) is 8.43. The number of methoxy groups -OCH3 is 1. The minimum atomic E-state index is -0.631. The number of hydrogen-bond donors (Lipinski definition) is 2. The molecular weight excluding hydrogens is 163 g/mol. The number of ether oxygens (including phenoxy) is 2. The summed E-state index contributed by atoms with van der Waals surface area (Å²) in [6, 6.07) is -0.492. The Morgan fingerprint density at radius 1 is 1.73 bits per heavy atom. The quantitative estimate of drug-likeness (QED) is 0.424. The summed E-state index contributed by atoms with van der Waals surface area (Å²) in [6.45, 7) is 0.353. The van der Waals surface area contributed by atoms with E-state index in [-0.39, 0.29) is 11.4 Å². The molecular formula is C6H11BO3S. The average Bonchev–Trinajstić information content (AvgIpc) is 2.19. The first-order chi connectivity index (χ1) is 5.16. The van der Waals surface area contributed by atoms with E-state index >= 15 is 0 Å². The van der Waals surface area contributed by atoms with E-state index in [0.717, 1.165) is 0 Å². The Hall–Kier alpha value is 0.295. The van der Waals surface area contributed by atoms with Gasteiger partial charge in [-0.3, -0.25) is 0 Å². The van der Waals surface area contributed by atoms with E-state index in [1.165, 1.54) is 0 Å². The van der Waals surface area contributed by atoms with Gasteiger partial charge in [0.1, 0.15) is 14.0 Å². The predicted octanol–water partition coefficient (Wildman–Crippen LogP) is -0.815. The van der Waals surface area contributed by atoms with E-state index in [4.69, 9.17) is 17.3 Å². The van der Waals surface area contributed by atoms with Crippen LogP contribution in [0, 0.1) is 0 Å². The molecule has 0 aliphatic carbocycles. The predicted molar refractivity (Wildman–Crippen MR) is 45.1 cm³/mol. The summed E-state index contributed by atoms with van der Waals surface area (Å²) in [7, 11) is 7.02. The first-order valence-corrected chi connectivity index (χ1v) is 3.94. The molecule has 4 atom stereocenters. The highest BCUT2D eigenvalue weighted by molar-refractivity contribution is 7.81. The summed E-state index contributed by atoms with van der Waals surface area (Å²) < 4.78 is 9.97. The van der Waals surface area contributed by atoms with Crippen LogP contribution >= 0.6 is 12.6 Å². The third kappa shape index (κ3) is 1.90. The molecule has 1 aliphatic heterocycles. The standard InChI is InChI=1S/C6H11BO3S/c1-9-2-3-4(8)5(11)6(7)10-3/h3-6,8,11H,2H2,1H3/t3-,4+,5?,6-/m1/s1. The van der Waals surface area contributed by atoms with Gasteiger partial charge >= 0.3 is 0 Å². The van der Waals surface area contributed by atoms with Gasteiger partial charge in [0.2, 0.25) is 0 Å². The molecule has 1 N–H and O–H groups in total. The lowest BCUT2D eigenvalue weighted by Gasteiger charge is -2.13. The lowest BCUT2D eigenvalue weighted by atomic mass is 9.95. The van der Waals surface area contributed by atoms with Gasteiger partial charge in [0.15, 0.2) is 0 Å². The van der Waals surface area contributed by atoms with Crippen LogP contribution in [0.15, 0.2) is 0 Å². The van der Waals surface area contributed by atoms with Gasteiger partial charge < -0.3 is 14.6 Å². The minimum absolute atomic E-state index is 0.310. The monoisotopic (exact) mass is 174 g/mol. The van der Waals surface area contributed by atoms with Crippen molar-refractivity contribution >= 4 is 20.5 Å². The van der Waals surface area contributed by atoms with Crippen molar-refractivity contribution in [3.05, 3.63) is 0 Å². The minimum Gasteiger partial charge on any atom is -0.389 e. The molecule has 0 aromatic rings. The first kappa shape index (κ1) is 9.38. The first-order valence-electron chi connectivity index (χ1n) is 3.43. The summed E-state index contributed by atoms with van der Waals surface area (Å²) in [6.07, 6.45) is -0.967. The van der Waals surface area contributed by atoms with Crippen molar-refractivity contribution < 1.29 is 14.6 Å². The number of aliphatic hydroxyl groups is 1. The van der Waals surface area contributed by atoms with Gasteiger partial charge in [0, 0.05) is 18.4 Å². The fourth-order valence-corrected chi connectivity index (χ4v) is 1.34. The Morgan fingerprint density at radius 3 is 2.73 bits per heavy atom. The highest BCUT2D eigenvalue weighted by Crippen LogP contribution is 2.23. The summed E-state index contributed by atoms with van der Waals surface area (Å²) in [5.74, 6) is 0. The second kappa shape index (κ2) is 3.80. The smallest absolute Gasteiger partial charge is 0.110 e. The Bertz CT molecular complexity index is 135. The van der Waals surface area contributed by atoms with Crippen molar-refractivity contribution in [2.75, 3.05) is 13.7 Å². The Morgan fingerprint density at radius 2 is 2.36 bits per heavy atom. The maximum atomic E-state index is 9.40. The van der Waals surface area contributed by atoms with E-state index < -0.39 is 12.1 Å². The Kier molecular flexibility index (Phi) is 3.24. The molecule has 0 amide bonds. The van der Waals surface area contributed by atoms with Crippen molar-refractivity contribution in [3.8, 4) is 0 Å². The molecule has 5 heteroatoms. The second-order valence-electron chi connectivity index (χ2n) is 2.58. The van der Waals surface area contributed by atoms with Crippen molar-refractivity contribution in [1.82, 2.24) is 0 Å². The average molecular weight is 174 g/mol. The summed E-state index contributed by atoms with van der Waals surface area (Å²) in [5, 5.41) is 9.09. The van der Waals surface area contributed by atoms with Crippen molar-refractivity contribution in [2.45, 2.75) is 23.5 Å². The van der Waals surface area contributed by atoms with Crippen LogP contribution in [-0.2, 0) is 9.47 Å². The molecule has 1 rings (SSSR count). The van der Waals surface area contributed by atoms with E-state index in [1.54, 1.807) is 7.11 Å². The Balaban J connectivity index is 2.45. The maximum Gasteiger partial charge on any atom is 0.110 e. The van der Waals surface area contributed by atoms with Crippen molar-refractivity contribution in [1.29, 1.82) is 0 Å². The largest absolute Gasteiger partial charge is 0.389 e. The van der Waals surface area contributed by atoms with Crippen LogP contribution in [0.2, 0.25) is 0 Å². The molecule has 3 nitrogen and oxygen atoms in total. The van der Waals surface area contributed by atoms with Crippen LogP contribution in [0.1, 0.15) is 0 Å². The SMILES string of the molecule is [B][C@@H]1O[C@H](COC)[C@H](O)C1S. The van der Waals surface area contributed by atoms with Gasteiger partial charge in [-0.1, -0.05) is 0 Å². The second-order valence-corrected chi connectivity index (χ2v) is 3.17. The molecule has 0 spiro atoms. The van der Waals surface area contributed by atoms with Gasteiger partial charge in [0.05, 0.1) is 12.7 Å². The topological polar surface area (TPSA) is 38.7 Å². The zero-order valence-corrected chi connectivity index (χ0v) is 7.20. The van der Waals surface area contributed by atoms with Crippen LogP contribution in [0.5, 0.6) is 0 Å². The molecule has 1 aliphatic rings. The highest BCUT2D eigenvalue weighted by atomic mass is 32.1. The molecule has 1 saturated heterocycles. The number of thiol groups is 1. The number of aliphatic hydroxyl groups excluding tert-OH is 1. The fraction of sp³-hybridized carbons (Fsp3) is 1.00. The van der Waals surface area contributed by atoms with E-state index in [0.29, 0.717) is 6.61 Å². The number of rotatable bonds is 2. The Labute approximate surface area is 72.9 Å². The summed E-state index contributed by atoms with van der Waals surface area (Å²) in [5.41, 5.74) is 0. The van der Waals surface area contributed by atoms with Crippen molar-refractivity contribution in [3.63, 3.8) is 0 Å². The van der Waals surface area contributed by atoms with E-state index in [1.807, 2.05) is 0 Å². The molecule has 1 heterocycles. The molecule has 0 aromatic heterocycles. The van der Waals surface area contributed by atoms with Crippen LogP contribution in [0.4, 0.5) is 0 Å².